The van der Waals surface area contributed by atoms with Crippen LogP contribution in [0.25, 0.3) is 0 Å². The van der Waals surface area contributed by atoms with Gasteiger partial charge in [0.1, 0.15) is 0 Å². The molecule has 10 heteroatoms. The molecule has 0 aromatic heterocycles. The van der Waals surface area contributed by atoms with Gasteiger partial charge in [-0.05, 0) is 17.7 Å². The van der Waals surface area contributed by atoms with Gasteiger partial charge in [-0.2, -0.15) is 0 Å². The number of alkyl halides is 1. The maximum absolute atomic E-state index is 12.3. The monoisotopic (exact) mass is 380 g/mol. The minimum absolute atomic E-state index is 0.0113. The number of nitrogens with one attached hydrogen (secondary N) is 2. The lowest BCUT2D eigenvalue weighted by molar-refractivity contribution is -0.119. The Morgan fingerprint density at radius 1 is 1.26 bits per heavy atom. The highest BCUT2D eigenvalue weighted by atomic mass is 35.5. The van der Waals surface area contributed by atoms with Crippen LogP contribution in [-0.4, -0.2) is 45.7 Å². The highest BCUT2D eigenvalue weighted by Crippen LogP contribution is 2.20. The molecule has 0 unspecified atom stereocenters. The maximum atomic E-state index is 12.3. The summed E-state index contributed by atoms with van der Waals surface area (Å²) >= 11 is 5.91. The molecule has 0 saturated carbocycles. The van der Waals surface area contributed by atoms with Crippen LogP contribution in [-0.2, 0) is 31.2 Å². The van der Waals surface area contributed by atoms with Gasteiger partial charge in [-0.15, -0.1) is 11.6 Å². The maximum Gasteiger partial charge on any atom is 0.240 e. The molecule has 23 heavy (non-hydrogen) atoms. The van der Waals surface area contributed by atoms with Crippen molar-refractivity contribution in [1.82, 2.24) is 10.0 Å². The van der Waals surface area contributed by atoms with E-state index in [0.29, 0.717) is 6.54 Å². The zero-order valence-electron chi connectivity index (χ0n) is 12.3. The number of amides is 1. The Labute approximate surface area is 140 Å². The van der Waals surface area contributed by atoms with Gasteiger partial charge in [0.15, 0.2) is 9.84 Å². The predicted octanol–water partition coefficient (Wildman–Crippen LogP) is 0.00540. The highest BCUT2D eigenvalue weighted by molar-refractivity contribution is 7.92. The minimum atomic E-state index is -3.86. The van der Waals surface area contributed by atoms with Crippen molar-refractivity contribution in [2.75, 3.05) is 11.5 Å². The molecule has 0 aliphatic carbocycles. The molecule has 1 saturated heterocycles. The number of benzene rings is 1. The van der Waals surface area contributed by atoms with Gasteiger partial charge in [0.25, 0.3) is 0 Å². The van der Waals surface area contributed by atoms with E-state index in [1.807, 2.05) is 0 Å². The van der Waals surface area contributed by atoms with Gasteiger partial charge < -0.3 is 5.32 Å². The Balaban J connectivity index is 2.09. The van der Waals surface area contributed by atoms with E-state index in [1.54, 1.807) is 12.1 Å². The van der Waals surface area contributed by atoms with Gasteiger partial charge in [-0.25, -0.2) is 21.6 Å². The Bertz CT molecular complexity index is 790. The number of carbonyl (C=O) groups excluding carboxylic acids is 1. The topological polar surface area (TPSA) is 109 Å². The van der Waals surface area contributed by atoms with Crippen LogP contribution < -0.4 is 10.0 Å². The van der Waals surface area contributed by atoms with E-state index < -0.39 is 31.3 Å². The van der Waals surface area contributed by atoms with Crippen LogP contribution in [0.5, 0.6) is 0 Å². The summed E-state index contributed by atoms with van der Waals surface area (Å²) in [7, 11) is -7.18. The number of hydrogen-bond acceptors (Lipinski definition) is 5. The van der Waals surface area contributed by atoms with Crippen LogP contribution in [0.4, 0.5) is 0 Å². The highest BCUT2D eigenvalue weighted by Gasteiger charge is 2.38. The lowest BCUT2D eigenvalue weighted by Crippen LogP contribution is -2.40. The smallest absolute Gasteiger partial charge is 0.240 e. The summed E-state index contributed by atoms with van der Waals surface area (Å²) in [5.74, 6) is -0.725. The molecule has 2 rings (SSSR count). The Hall–Kier alpha value is -1.16. The number of rotatable bonds is 5. The van der Waals surface area contributed by atoms with Crippen molar-refractivity contribution in [1.29, 1.82) is 0 Å². The zero-order valence-corrected chi connectivity index (χ0v) is 14.7. The predicted molar refractivity (Wildman–Crippen MR) is 86.4 cm³/mol. The first kappa shape index (κ1) is 18.2. The molecule has 0 spiro atoms. The summed E-state index contributed by atoms with van der Waals surface area (Å²) in [5.41, 5.74) is 0.748. The van der Waals surface area contributed by atoms with Gasteiger partial charge in [-0.1, -0.05) is 12.1 Å². The largest absolute Gasteiger partial charge is 0.352 e. The van der Waals surface area contributed by atoms with E-state index >= 15 is 0 Å². The summed E-state index contributed by atoms with van der Waals surface area (Å²) < 4.78 is 49.9. The van der Waals surface area contributed by atoms with Gasteiger partial charge in [0.2, 0.25) is 15.9 Å². The van der Waals surface area contributed by atoms with E-state index in [4.69, 9.17) is 11.6 Å². The van der Waals surface area contributed by atoms with Crippen molar-refractivity contribution in [3.05, 3.63) is 29.8 Å². The fourth-order valence-electron chi connectivity index (χ4n) is 2.19. The summed E-state index contributed by atoms with van der Waals surface area (Å²) in [6.45, 7) is 1.69. The second-order valence-corrected chi connectivity index (χ2v) is 9.80. The van der Waals surface area contributed by atoms with Crippen LogP contribution >= 0.6 is 11.6 Å². The summed E-state index contributed by atoms with van der Waals surface area (Å²) in [5, 5.41) is 1.82. The summed E-state index contributed by atoms with van der Waals surface area (Å²) in [6.07, 6.45) is 0. The average molecular weight is 381 g/mol. The number of hydrogen-bond donors (Lipinski definition) is 2. The molecule has 7 nitrogen and oxygen atoms in total. The molecule has 128 valence electrons. The first-order valence-corrected chi connectivity index (χ1v) is 10.5. The summed E-state index contributed by atoms with van der Waals surface area (Å²) in [6, 6.07) is 5.10. The van der Waals surface area contributed by atoms with Crippen molar-refractivity contribution in [3.63, 3.8) is 0 Å². The molecule has 1 aromatic rings. The van der Waals surface area contributed by atoms with Crippen molar-refractivity contribution < 1.29 is 21.6 Å². The molecule has 1 amide bonds. The lowest BCUT2D eigenvalue weighted by atomic mass is 10.2. The second-order valence-electron chi connectivity index (χ2n) is 5.37. The molecule has 1 aliphatic heterocycles. The quantitative estimate of drug-likeness (QED) is 0.699. The third-order valence-electron chi connectivity index (χ3n) is 3.36. The van der Waals surface area contributed by atoms with Crippen LogP contribution in [0.15, 0.2) is 29.2 Å². The van der Waals surface area contributed by atoms with Crippen LogP contribution in [0, 0.1) is 0 Å². The van der Waals surface area contributed by atoms with Crippen molar-refractivity contribution in [2.45, 2.75) is 29.8 Å². The van der Waals surface area contributed by atoms with Gasteiger partial charge >= 0.3 is 0 Å². The van der Waals surface area contributed by atoms with Gasteiger partial charge in [0, 0.05) is 13.5 Å². The van der Waals surface area contributed by atoms with Crippen molar-refractivity contribution >= 4 is 37.4 Å². The fourth-order valence-corrected chi connectivity index (χ4v) is 6.20. The summed E-state index contributed by atoms with van der Waals surface area (Å²) in [4.78, 5) is 10.9. The number of sulfone groups is 1. The Kier molecular flexibility index (Phi) is 5.34. The molecular weight excluding hydrogens is 364 g/mol. The molecule has 2 atom stereocenters. The van der Waals surface area contributed by atoms with E-state index in [9.17, 15) is 21.6 Å². The van der Waals surface area contributed by atoms with E-state index in [-0.39, 0.29) is 22.3 Å². The number of sulfonamides is 1. The molecule has 0 bridgehead atoms. The Morgan fingerprint density at radius 2 is 1.87 bits per heavy atom. The first-order chi connectivity index (χ1) is 10.6. The average Bonchev–Trinajstić information content (AvgIpc) is 2.68. The minimum Gasteiger partial charge on any atom is -0.352 e. The first-order valence-electron chi connectivity index (χ1n) is 6.79. The van der Waals surface area contributed by atoms with E-state index in [2.05, 4.69) is 10.0 Å². The van der Waals surface area contributed by atoms with Crippen LogP contribution in [0.2, 0.25) is 0 Å². The third-order valence-corrected chi connectivity index (χ3v) is 7.25. The van der Waals surface area contributed by atoms with Crippen LogP contribution in [0.3, 0.4) is 0 Å². The standard InChI is InChI=1S/C13H17ClN2O5S2/c1-9(17)15-6-10-2-4-11(5-3-10)23(20,21)16-13-8-22(18,19)7-12(13)14/h2-5,12-13,16H,6-8H2,1H3,(H,15,17)/t12-,13-/m0/s1. The molecule has 1 aliphatic rings. The molecule has 1 aromatic carbocycles. The number of carbonyl (C=O) groups is 1. The molecule has 1 heterocycles. The number of halogens is 1. The third kappa shape index (κ3) is 4.90. The SMILES string of the molecule is CC(=O)NCc1ccc(S(=O)(=O)N[C@H]2CS(=O)(=O)C[C@@H]2Cl)cc1. The van der Waals surface area contributed by atoms with Crippen molar-refractivity contribution in [3.8, 4) is 0 Å². The van der Waals surface area contributed by atoms with Crippen molar-refractivity contribution in [2.24, 2.45) is 0 Å². The lowest BCUT2D eigenvalue weighted by Gasteiger charge is -2.15. The van der Waals surface area contributed by atoms with Crippen LogP contribution in [0.1, 0.15) is 12.5 Å². The molecule has 2 N–H and O–H groups in total. The molecule has 0 radical (unpaired) electrons. The van der Waals surface area contributed by atoms with E-state index in [0.717, 1.165) is 5.56 Å². The van der Waals surface area contributed by atoms with E-state index in [1.165, 1.54) is 19.1 Å². The fraction of sp³-hybridized carbons (Fsp3) is 0.462. The zero-order chi connectivity index (χ0) is 17.3. The van der Waals surface area contributed by atoms with Gasteiger partial charge in [-0.3, -0.25) is 4.79 Å². The second kappa shape index (κ2) is 6.76. The Morgan fingerprint density at radius 3 is 2.35 bits per heavy atom. The van der Waals surface area contributed by atoms with Gasteiger partial charge in [0.05, 0.1) is 27.8 Å². The molecular formula is C13H17ClN2O5S2. The normalized spacial score (nSPS) is 23.6. The molecule has 1 fully saturated rings.